The zero-order chi connectivity index (χ0) is 26.3. The third-order valence-corrected chi connectivity index (χ3v) is 7.18. The summed E-state index contributed by atoms with van der Waals surface area (Å²) >= 11 is 0. The summed E-state index contributed by atoms with van der Waals surface area (Å²) in [6.07, 6.45) is 1.11. The first-order chi connectivity index (χ1) is 17.6. The molecule has 0 fully saturated rings. The summed E-state index contributed by atoms with van der Waals surface area (Å²) in [5, 5.41) is 1.36. The van der Waals surface area contributed by atoms with E-state index in [1.54, 1.807) is 24.1 Å². The number of hydrogen-bond donors (Lipinski definition) is 2. The van der Waals surface area contributed by atoms with Crippen molar-refractivity contribution >= 4 is 37.9 Å². The van der Waals surface area contributed by atoms with Crippen LogP contribution >= 0.6 is 0 Å². The first-order valence-corrected chi connectivity index (χ1v) is 12.4. The van der Waals surface area contributed by atoms with Crippen molar-refractivity contribution in [1.82, 2.24) is 10.3 Å². The molecule has 2 aromatic heterocycles. The van der Waals surface area contributed by atoms with Gasteiger partial charge in [0.25, 0.3) is 10.0 Å². The Kier molecular flexibility index (Phi) is 6.10. The molecule has 0 bridgehead atoms. The fourth-order valence-corrected chi connectivity index (χ4v) is 4.86. The van der Waals surface area contributed by atoms with E-state index in [1.807, 2.05) is 41.8 Å². The number of benzene rings is 3. The number of hydrazine groups is 1. The third-order valence-electron chi connectivity index (χ3n) is 5.93. The average molecular weight is 525 g/mol. The topological polar surface area (TPSA) is 119 Å². The zero-order valence-electron chi connectivity index (χ0n) is 19.2. The molecule has 3 aromatic carbocycles. The van der Waals surface area contributed by atoms with E-state index < -0.39 is 44.5 Å². The molecule has 5 rings (SSSR count). The second-order valence-corrected chi connectivity index (χ2v) is 9.94. The Morgan fingerprint density at radius 2 is 1.70 bits per heavy atom. The minimum absolute atomic E-state index is 0.0288. The Morgan fingerprint density at radius 1 is 0.946 bits per heavy atom. The highest BCUT2D eigenvalue weighted by atomic mass is 32.2. The lowest BCUT2D eigenvalue weighted by atomic mass is 9.99. The summed E-state index contributed by atoms with van der Waals surface area (Å²) in [6, 6.07) is 14.9. The van der Waals surface area contributed by atoms with Crippen molar-refractivity contribution in [3.63, 3.8) is 0 Å². The van der Waals surface area contributed by atoms with Crippen molar-refractivity contribution in [3.8, 4) is 11.1 Å². The maximum Gasteiger partial charge on any atom is 0.340 e. The standard InChI is InChI=1S/C26H18F2N2O6S/c1-14-17-10-19-20(15-5-3-2-4-6-15)13-35-23(19)12-24(17)36-26(32)18(14)11-25(31)29-30-37(33,34)16-7-8-21(27)22(28)9-16/h2-10,12-13,30H,11H2,1H3,(H,29,31). The number of fused-ring (bicyclic) bond motifs is 2. The van der Waals surface area contributed by atoms with Crippen molar-refractivity contribution in [2.75, 3.05) is 0 Å². The molecule has 0 aliphatic rings. The summed E-state index contributed by atoms with van der Waals surface area (Å²) in [7, 11) is -4.39. The largest absolute Gasteiger partial charge is 0.464 e. The number of rotatable bonds is 6. The molecule has 2 heterocycles. The van der Waals surface area contributed by atoms with Crippen LogP contribution < -0.4 is 15.9 Å². The zero-order valence-corrected chi connectivity index (χ0v) is 20.0. The predicted molar refractivity (Wildman–Crippen MR) is 131 cm³/mol. The van der Waals surface area contributed by atoms with E-state index in [4.69, 9.17) is 8.83 Å². The Bertz CT molecular complexity index is 1850. The molecule has 0 unspecified atom stereocenters. The molecular formula is C26H18F2N2O6S. The number of halogens is 2. The van der Waals surface area contributed by atoms with Gasteiger partial charge >= 0.3 is 5.63 Å². The molecule has 0 aliphatic carbocycles. The van der Waals surface area contributed by atoms with Crippen molar-refractivity contribution in [3.05, 3.63) is 100 Å². The molecule has 0 atom stereocenters. The van der Waals surface area contributed by atoms with Crippen molar-refractivity contribution in [1.29, 1.82) is 0 Å². The van der Waals surface area contributed by atoms with Gasteiger partial charge < -0.3 is 8.83 Å². The van der Waals surface area contributed by atoms with Gasteiger partial charge in [0.2, 0.25) is 5.91 Å². The highest BCUT2D eigenvalue weighted by Gasteiger charge is 2.20. The lowest BCUT2D eigenvalue weighted by molar-refractivity contribution is -0.120. The predicted octanol–water partition coefficient (Wildman–Crippen LogP) is 4.35. The van der Waals surface area contributed by atoms with Gasteiger partial charge in [-0.2, -0.15) is 0 Å². The molecule has 8 nitrogen and oxygen atoms in total. The molecule has 188 valence electrons. The summed E-state index contributed by atoms with van der Waals surface area (Å²) < 4.78 is 62.2. The number of sulfonamides is 1. The van der Waals surface area contributed by atoms with Crippen LogP contribution in [0.25, 0.3) is 33.1 Å². The number of aryl methyl sites for hydroxylation is 1. The smallest absolute Gasteiger partial charge is 0.340 e. The molecule has 0 radical (unpaired) electrons. The van der Waals surface area contributed by atoms with Crippen LogP contribution in [-0.2, 0) is 21.2 Å². The number of nitrogens with one attached hydrogen (secondary N) is 2. The fraction of sp³-hybridized carbons (Fsp3) is 0.0769. The van der Waals surface area contributed by atoms with Gasteiger partial charge in [0.1, 0.15) is 11.2 Å². The summed E-state index contributed by atoms with van der Waals surface area (Å²) in [5.41, 5.74) is 4.28. The first-order valence-electron chi connectivity index (χ1n) is 10.9. The van der Waals surface area contributed by atoms with Gasteiger partial charge in [-0.1, -0.05) is 30.3 Å². The number of hydrogen-bond acceptors (Lipinski definition) is 6. The number of amides is 1. The van der Waals surface area contributed by atoms with E-state index in [2.05, 4.69) is 0 Å². The normalized spacial score (nSPS) is 11.8. The Morgan fingerprint density at radius 3 is 2.43 bits per heavy atom. The maximum absolute atomic E-state index is 13.4. The quantitative estimate of drug-likeness (QED) is 0.252. The second kappa shape index (κ2) is 9.26. The van der Waals surface area contributed by atoms with Crippen molar-refractivity contribution in [2.24, 2.45) is 0 Å². The number of carbonyl (C=O) groups is 1. The lowest BCUT2D eigenvalue weighted by Crippen LogP contribution is -2.42. The summed E-state index contributed by atoms with van der Waals surface area (Å²) in [5.74, 6) is -3.44. The van der Waals surface area contributed by atoms with E-state index in [1.165, 1.54) is 0 Å². The van der Waals surface area contributed by atoms with Crippen LogP contribution in [-0.4, -0.2) is 14.3 Å². The Hall–Kier alpha value is -4.35. The van der Waals surface area contributed by atoms with E-state index in [0.29, 0.717) is 28.7 Å². The van der Waals surface area contributed by atoms with Crippen molar-refractivity contribution < 1.29 is 30.8 Å². The molecule has 2 N–H and O–H groups in total. The lowest BCUT2D eigenvalue weighted by Gasteiger charge is -2.10. The highest BCUT2D eigenvalue weighted by molar-refractivity contribution is 7.89. The van der Waals surface area contributed by atoms with Crippen LogP contribution in [0.15, 0.2) is 85.5 Å². The Labute approximate surface area is 208 Å². The fourth-order valence-electron chi connectivity index (χ4n) is 3.99. The van der Waals surface area contributed by atoms with Crippen LogP contribution in [0.4, 0.5) is 8.78 Å². The number of carbonyl (C=O) groups excluding carboxylic acids is 1. The van der Waals surface area contributed by atoms with E-state index in [-0.39, 0.29) is 11.1 Å². The number of furan rings is 1. The summed E-state index contributed by atoms with van der Waals surface area (Å²) in [4.78, 5) is 26.4. The summed E-state index contributed by atoms with van der Waals surface area (Å²) in [6.45, 7) is 1.65. The van der Waals surface area contributed by atoms with Crippen molar-refractivity contribution in [2.45, 2.75) is 18.2 Å². The maximum atomic E-state index is 13.4. The van der Waals surface area contributed by atoms with Crippen LogP contribution in [0.5, 0.6) is 0 Å². The van der Waals surface area contributed by atoms with Gasteiger partial charge in [0.15, 0.2) is 11.6 Å². The minimum Gasteiger partial charge on any atom is -0.464 e. The monoisotopic (exact) mass is 524 g/mol. The molecule has 0 saturated carbocycles. The Balaban J connectivity index is 1.43. The third kappa shape index (κ3) is 4.61. The van der Waals surface area contributed by atoms with E-state index in [0.717, 1.165) is 22.6 Å². The molecule has 1 amide bonds. The average Bonchev–Trinajstić information content (AvgIpc) is 3.29. The molecular weight excluding hydrogens is 506 g/mol. The molecule has 37 heavy (non-hydrogen) atoms. The molecule has 11 heteroatoms. The van der Waals surface area contributed by atoms with Crippen LogP contribution in [0.1, 0.15) is 11.1 Å². The highest BCUT2D eigenvalue weighted by Crippen LogP contribution is 2.34. The van der Waals surface area contributed by atoms with Gasteiger partial charge in [-0.05, 0) is 42.3 Å². The second-order valence-electron chi connectivity index (χ2n) is 8.26. The van der Waals surface area contributed by atoms with E-state index in [9.17, 15) is 26.8 Å². The van der Waals surface area contributed by atoms with Gasteiger partial charge in [-0.25, -0.2) is 22.0 Å². The van der Waals surface area contributed by atoms with E-state index >= 15 is 0 Å². The van der Waals surface area contributed by atoms with Gasteiger partial charge in [0.05, 0.1) is 23.1 Å². The SMILES string of the molecule is Cc1c(CC(=O)NNS(=O)(=O)c2ccc(F)c(F)c2)c(=O)oc2cc3occ(-c4ccccc4)c3cc12. The van der Waals surface area contributed by atoms with Gasteiger partial charge in [-0.3, -0.25) is 10.2 Å². The first kappa shape index (κ1) is 24.3. The van der Waals surface area contributed by atoms with Gasteiger partial charge in [-0.15, -0.1) is 4.83 Å². The van der Waals surface area contributed by atoms with Crippen LogP contribution in [0.2, 0.25) is 0 Å². The molecule has 0 aliphatic heterocycles. The molecule has 0 spiro atoms. The minimum atomic E-state index is -4.39. The molecule has 0 saturated heterocycles. The molecule has 5 aromatic rings. The van der Waals surface area contributed by atoms with Crippen LogP contribution in [0.3, 0.4) is 0 Å². The van der Waals surface area contributed by atoms with Gasteiger partial charge in [0, 0.05) is 22.4 Å². The van der Waals surface area contributed by atoms with Crippen LogP contribution in [0, 0.1) is 18.6 Å².